The topological polar surface area (TPSA) is 53.7 Å². The number of hydrogen-bond acceptors (Lipinski definition) is 2. The minimum Gasteiger partial charge on any atom is -0.506 e. The normalized spacial score (nSPS) is 14.6. The molecule has 0 aromatic heterocycles. The molecule has 108 valence electrons. The molecule has 2 N–H and O–H groups in total. The average molecular weight is 420 g/mol. The molecule has 0 bridgehead atoms. The summed E-state index contributed by atoms with van der Waals surface area (Å²) in [5.74, 6) is -0.0995. The molecule has 2 aromatic rings. The lowest BCUT2D eigenvalue weighted by Gasteiger charge is -2.04. The van der Waals surface area contributed by atoms with Gasteiger partial charge in [-0.15, -0.1) is 0 Å². The van der Waals surface area contributed by atoms with Crippen molar-refractivity contribution in [2.75, 3.05) is 5.32 Å². The highest BCUT2D eigenvalue weighted by Gasteiger charge is 2.24. The first-order chi connectivity index (χ1) is 10.5. The van der Waals surface area contributed by atoms with E-state index < -0.39 is 0 Å². The summed E-state index contributed by atoms with van der Waals surface area (Å²) < 4.78 is 1.08. The molecule has 1 heterocycles. The molecule has 1 aliphatic rings. The molecule has 0 saturated heterocycles. The molecular formula is C16H8Br2N2O2. The highest BCUT2D eigenvalue weighted by Crippen LogP contribution is 2.38. The van der Waals surface area contributed by atoms with Crippen molar-refractivity contribution in [1.29, 1.82) is 0 Å². The lowest BCUT2D eigenvalue weighted by atomic mass is 10.0. The summed E-state index contributed by atoms with van der Waals surface area (Å²) in [6, 6.07) is 8.56. The number of amides is 1. The van der Waals surface area contributed by atoms with Crippen molar-refractivity contribution in [3.8, 4) is 5.75 Å². The summed E-state index contributed by atoms with van der Waals surface area (Å²) in [6.45, 7) is 7.02. The molecule has 22 heavy (non-hydrogen) atoms. The lowest BCUT2D eigenvalue weighted by Crippen LogP contribution is -2.03. The maximum absolute atomic E-state index is 12.1. The molecule has 6 heteroatoms. The summed E-state index contributed by atoms with van der Waals surface area (Å²) in [5.41, 5.74) is 3.18. The molecule has 0 unspecified atom stereocenters. The van der Waals surface area contributed by atoms with Gasteiger partial charge in [0.25, 0.3) is 5.91 Å². The minimum atomic E-state index is -0.211. The third-order valence-electron chi connectivity index (χ3n) is 3.27. The smallest absolute Gasteiger partial charge is 0.256 e. The first kappa shape index (κ1) is 14.8. The quantitative estimate of drug-likeness (QED) is 0.507. The van der Waals surface area contributed by atoms with Crippen LogP contribution in [0.15, 0.2) is 39.3 Å². The van der Waals surface area contributed by atoms with Gasteiger partial charge in [0.05, 0.1) is 15.5 Å². The number of halogens is 2. The molecule has 0 atom stereocenters. The highest BCUT2D eigenvalue weighted by atomic mass is 79.9. The van der Waals surface area contributed by atoms with Crippen LogP contribution in [0.2, 0.25) is 0 Å². The van der Waals surface area contributed by atoms with E-state index in [0.717, 1.165) is 11.1 Å². The minimum absolute atomic E-state index is 0.111. The van der Waals surface area contributed by atoms with Crippen molar-refractivity contribution >= 4 is 60.8 Å². The van der Waals surface area contributed by atoms with Gasteiger partial charge in [0.1, 0.15) is 5.75 Å². The molecule has 0 radical (unpaired) electrons. The van der Waals surface area contributed by atoms with Crippen LogP contribution in [-0.2, 0) is 4.79 Å². The van der Waals surface area contributed by atoms with Crippen molar-refractivity contribution in [2.24, 2.45) is 0 Å². The van der Waals surface area contributed by atoms with Crippen molar-refractivity contribution in [1.82, 2.24) is 0 Å². The molecule has 0 spiro atoms. The van der Waals surface area contributed by atoms with Gasteiger partial charge in [0, 0.05) is 16.8 Å². The average Bonchev–Trinajstić information content (AvgIpc) is 2.79. The number of anilines is 1. The number of fused-ring (bicyclic) bond motifs is 1. The van der Waals surface area contributed by atoms with Crippen molar-refractivity contribution in [3.63, 3.8) is 0 Å². The molecule has 2 aromatic carbocycles. The van der Waals surface area contributed by atoms with Gasteiger partial charge in [-0.05, 0) is 61.7 Å². The van der Waals surface area contributed by atoms with Crippen LogP contribution < -0.4 is 5.32 Å². The Labute approximate surface area is 143 Å². The summed E-state index contributed by atoms with van der Waals surface area (Å²) in [6.07, 6.45) is 1.74. The van der Waals surface area contributed by atoms with Crippen LogP contribution in [-0.4, -0.2) is 11.0 Å². The summed E-state index contributed by atoms with van der Waals surface area (Å²) in [5, 5.41) is 12.5. The van der Waals surface area contributed by atoms with Gasteiger partial charge < -0.3 is 10.4 Å². The van der Waals surface area contributed by atoms with Gasteiger partial charge in [-0.2, -0.15) is 0 Å². The van der Waals surface area contributed by atoms with Crippen LogP contribution in [0, 0.1) is 6.57 Å². The largest absolute Gasteiger partial charge is 0.506 e. The van der Waals surface area contributed by atoms with Crippen LogP contribution in [0.3, 0.4) is 0 Å². The van der Waals surface area contributed by atoms with E-state index >= 15 is 0 Å². The van der Waals surface area contributed by atoms with Crippen molar-refractivity contribution in [3.05, 3.63) is 61.8 Å². The Kier molecular flexibility index (Phi) is 3.77. The zero-order valence-corrected chi connectivity index (χ0v) is 14.2. The van der Waals surface area contributed by atoms with E-state index in [-0.39, 0.29) is 11.7 Å². The Bertz CT molecular complexity index is 859. The highest BCUT2D eigenvalue weighted by molar-refractivity contribution is 9.11. The molecule has 0 aliphatic carbocycles. The molecule has 0 saturated carbocycles. The van der Waals surface area contributed by atoms with Gasteiger partial charge >= 0.3 is 0 Å². The molecule has 3 rings (SSSR count). The Morgan fingerprint density at radius 3 is 2.50 bits per heavy atom. The second-order valence-electron chi connectivity index (χ2n) is 4.69. The Morgan fingerprint density at radius 2 is 1.86 bits per heavy atom. The SMILES string of the molecule is [C-]#[N+]c1ccc2c(c1)NC(=O)C2=Cc1cc(Br)c(O)c(Br)c1. The molecule has 4 nitrogen and oxygen atoms in total. The van der Waals surface area contributed by atoms with Crippen LogP contribution in [0.4, 0.5) is 11.4 Å². The van der Waals surface area contributed by atoms with Crippen LogP contribution in [0.1, 0.15) is 11.1 Å². The number of carbonyl (C=O) groups is 1. The van der Waals surface area contributed by atoms with Gasteiger partial charge in [-0.3, -0.25) is 4.79 Å². The van der Waals surface area contributed by atoms with Crippen LogP contribution in [0.25, 0.3) is 16.5 Å². The molecule has 1 amide bonds. The second-order valence-corrected chi connectivity index (χ2v) is 6.40. The van der Waals surface area contributed by atoms with E-state index in [1.54, 1.807) is 36.4 Å². The van der Waals surface area contributed by atoms with Gasteiger partial charge in [0.15, 0.2) is 5.69 Å². The second kappa shape index (κ2) is 5.59. The number of hydrogen-bond donors (Lipinski definition) is 2. The van der Waals surface area contributed by atoms with E-state index in [1.807, 2.05) is 0 Å². The third kappa shape index (κ3) is 2.54. The summed E-state index contributed by atoms with van der Waals surface area (Å²) in [4.78, 5) is 15.5. The van der Waals surface area contributed by atoms with Crippen molar-refractivity contribution in [2.45, 2.75) is 0 Å². The first-order valence-electron chi connectivity index (χ1n) is 6.22. The first-order valence-corrected chi connectivity index (χ1v) is 7.81. The van der Waals surface area contributed by atoms with E-state index in [0.29, 0.717) is 25.9 Å². The Morgan fingerprint density at radius 1 is 1.18 bits per heavy atom. The van der Waals surface area contributed by atoms with Crippen LogP contribution in [0.5, 0.6) is 5.75 Å². The standard InChI is InChI=1S/C16H8Br2N2O2/c1-19-9-2-3-10-11(16(22)20-14(10)7-9)4-8-5-12(17)15(21)13(18)6-8/h2-7,21H,(H,20,22). The maximum atomic E-state index is 12.1. The van der Waals surface area contributed by atoms with E-state index in [1.165, 1.54) is 0 Å². The molecule has 0 fully saturated rings. The summed E-state index contributed by atoms with van der Waals surface area (Å²) >= 11 is 6.54. The fourth-order valence-electron chi connectivity index (χ4n) is 2.23. The van der Waals surface area contributed by atoms with Gasteiger partial charge in [0.2, 0.25) is 0 Å². The lowest BCUT2D eigenvalue weighted by molar-refractivity contribution is -0.110. The van der Waals surface area contributed by atoms with Crippen LogP contribution >= 0.6 is 31.9 Å². The van der Waals surface area contributed by atoms with E-state index in [4.69, 9.17) is 6.57 Å². The van der Waals surface area contributed by atoms with Crippen molar-refractivity contribution < 1.29 is 9.90 Å². The fraction of sp³-hybridized carbons (Fsp3) is 0. The molecular weight excluding hydrogens is 412 g/mol. The predicted molar refractivity (Wildman–Crippen MR) is 92.7 cm³/mol. The predicted octanol–water partition coefficient (Wildman–Crippen LogP) is 4.96. The maximum Gasteiger partial charge on any atom is 0.256 e. The Hall–Kier alpha value is -2.10. The summed E-state index contributed by atoms with van der Waals surface area (Å²) in [7, 11) is 0. The number of nitrogens with zero attached hydrogens (tertiary/aromatic N) is 1. The number of nitrogens with one attached hydrogen (secondary N) is 1. The fourth-order valence-corrected chi connectivity index (χ4v) is 3.45. The third-order valence-corrected chi connectivity index (χ3v) is 4.47. The van der Waals surface area contributed by atoms with Gasteiger partial charge in [-0.1, -0.05) is 12.1 Å². The zero-order chi connectivity index (χ0) is 15.9. The Balaban J connectivity index is 2.10. The van der Waals surface area contributed by atoms with Gasteiger partial charge in [-0.25, -0.2) is 4.85 Å². The zero-order valence-electron chi connectivity index (χ0n) is 11.0. The number of aromatic hydroxyl groups is 1. The number of rotatable bonds is 1. The number of carbonyl (C=O) groups excluding carboxylic acids is 1. The number of phenolic OH excluding ortho intramolecular Hbond substituents is 1. The number of benzene rings is 2. The molecule has 1 aliphatic heterocycles. The monoisotopic (exact) mass is 418 g/mol. The van der Waals surface area contributed by atoms with E-state index in [9.17, 15) is 9.90 Å². The number of phenols is 1. The van der Waals surface area contributed by atoms with E-state index in [2.05, 4.69) is 42.0 Å².